The van der Waals surface area contributed by atoms with E-state index in [1.165, 1.54) is 64.2 Å². The molecule has 0 aliphatic rings. The van der Waals surface area contributed by atoms with Gasteiger partial charge in [0.15, 0.2) is 5.11 Å². The molecular weight excluding hydrogens is 532 g/mol. The lowest BCUT2D eigenvalue weighted by Crippen LogP contribution is -2.56. The Morgan fingerprint density at radius 3 is 1.76 bits per heavy atom. The molecule has 1 amide bonds. The van der Waals surface area contributed by atoms with Gasteiger partial charge in [-0.1, -0.05) is 130 Å². The van der Waals surface area contributed by atoms with Crippen molar-refractivity contribution in [1.82, 2.24) is 10.6 Å². The molecule has 0 bridgehead atoms. The van der Waals surface area contributed by atoms with Crippen LogP contribution < -0.4 is 16.0 Å². The summed E-state index contributed by atoms with van der Waals surface area (Å²) in [6.45, 7) is 2.25. The smallest absolute Gasteiger partial charge is 0.228 e. The van der Waals surface area contributed by atoms with E-state index in [2.05, 4.69) is 22.9 Å². The third-order valence-corrected chi connectivity index (χ3v) is 6.64. The first-order valence-corrected chi connectivity index (χ1v) is 14.3. The number of anilines is 1. The lowest BCUT2D eigenvalue weighted by molar-refractivity contribution is -0.122. The molecule has 0 aromatic heterocycles. The zero-order valence-electron chi connectivity index (χ0n) is 20.1. The molecule has 194 valence electrons. The van der Waals surface area contributed by atoms with Crippen molar-refractivity contribution in [2.45, 2.75) is 107 Å². The number of thiocarbonyl (C=S) groups is 1. The van der Waals surface area contributed by atoms with Gasteiger partial charge in [-0.25, -0.2) is 0 Å². The zero-order valence-corrected chi connectivity index (χ0v) is 24.0. The number of amides is 1. The van der Waals surface area contributed by atoms with Gasteiger partial charge in [0, 0.05) is 17.1 Å². The largest absolute Gasteiger partial charge is 0.339 e. The number of carbonyl (C=O) groups excluding carboxylic acids is 1. The first-order valence-electron chi connectivity index (χ1n) is 12.4. The number of hydrogen-bond donors (Lipinski definition) is 3. The van der Waals surface area contributed by atoms with E-state index in [1.807, 2.05) is 0 Å². The van der Waals surface area contributed by atoms with Crippen LogP contribution in [0.4, 0.5) is 5.69 Å². The van der Waals surface area contributed by atoms with Crippen LogP contribution in [0.1, 0.15) is 96.8 Å². The van der Waals surface area contributed by atoms with Crippen molar-refractivity contribution >= 4 is 75.3 Å². The molecule has 0 aliphatic heterocycles. The Balaban J connectivity index is 2.17. The average Bonchev–Trinajstić information content (AvgIpc) is 2.77. The van der Waals surface area contributed by atoms with Crippen molar-refractivity contribution < 1.29 is 4.79 Å². The predicted octanol–water partition coefficient (Wildman–Crippen LogP) is 8.92. The van der Waals surface area contributed by atoms with Crippen LogP contribution in [0, 0.1) is 0 Å². The topological polar surface area (TPSA) is 53.2 Å². The number of unbranched alkanes of at least 4 members (excludes halogenated alkanes) is 12. The first kappa shape index (κ1) is 31.6. The minimum atomic E-state index is -1.77. The third-order valence-electron chi connectivity index (χ3n) is 5.52. The minimum Gasteiger partial charge on any atom is -0.339 e. The maximum absolute atomic E-state index is 12.4. The SMILES string of the molecule is CCCCCCCCCCCCCCCC(=O)NC(NC(=S)Nc1ccc(Cl)cc1)C(Cl)(Cl)Cl. The van der Waals surface area contributed by atoms with Gasteiger partial charge in [-0.15, -0.1) is 0 Å². The highest BCUT2D eigenvalue weighted by molar-refractivity contribution is 7.80. The van der Waals surface area contributed by atoms with Crippen LogP contribution in [0.2, 0.25) is 5.02 Å². The van der Waals surface area contributed by atoms with Gasteiger partial charge >= 0.3 is 0 Å². The van der Waals surface area contributed by atoms with Crippen LogP contribution in [0.5, 0.6) is 0 Å². The minimum absolute atomic E-state index is 0.179. The Morgan fingerprint density at radius 1 is 0.824 bits per heavy atom. The number of hydrogen-bond acceptors (Lipinski definition) is 2. The number of halogens is 4. The summed E-state index contributed by atoms with van der Waals surface area (Å²) in [4.78, 5) is 12.4. The Morgan fingerprint density at radius 2 is 1.29 bits per heavy atom. The monoisotopic (exact) mass is 569 g/mol. The molecule has 0 saturated carbocycles. The van der Waals surface area contributed by atoms with Crippen LogP contribution >= 0.6 is 58.6 Å². The molecule has 34 heavy (non-hydrogen) atoms. The quantitative estimate of drug-likeness (QED) is 0.0757. The van der Waals surface area contributed by atoms with Crippen molar-refractivity contribution in [3.05, 3.63) is 29.3 Å². The number of benzene rings is 1. The fourth-order valence-electron chi connectivity index (χ4n) is 3.57. The normalized spacial score (nSPS) is 12.3. The second kappa shape index (κ2) is 18.8. The average molecular weight is 571 g/mol. The van der Waals surface area contributed by atoms with E-state index in [9.17, 15) is 4.79 Å². The third kappa shape index (κ3) is 16.3. The maximum Gasteiger partial charge on any atom is 0.228 e. The molecule has 0 aliphatic carbocycles. The fraction of sp³-hybridized carbons (Fsp3) is 0.680. The first-order chi connectivity index (χ1) is 16.2. The summed E-state index contributed by atoms with van der Waals surface area (Å²) in [5.41, 5.74) is 0.725. The predicted molar refractivity (Wildman–Crippen MR) is 153 cm³/mol. The molecule has 1 atom stereocenters. The molecule has 1 aromatic rings. The molecule has 0 radical (unpaired) electrons. The highest BCUT2D eigenvalue weighted by atomic mass is 35.6. The van der Waals surface area contributed by atoms with Crippen molar-refractivity contribution in [3.8, 4) is 0 Å². The van der Waals surface area contributed by atoms with Gasteiger partial charge in [-0.3, -0.25) is 4.79 Å². The molecule has 0 spiro atoms. The molecule has 0 heterocycles. The van der Waals surface area contributed by atoms with Crippen molar-refractivity contribution in [1.29, 1.82) is 0 Å². The van der Waals surface area contributed by atoms with Crippen LogP contribution in [-0.4, -0.2) is 21.0 Å². The van der Waals surface area contributed by atoms with Crippen molar-refractivity contribution in [2.75, 3.05) is 5.32 Å². The van der Waals surface area contributed by atoms with Crippen LogP contribution in [0.15, 0.2) is 24.3 Å². The van der Waals surface area contributed by atoms with Gasteiger partial charge in [0.25, 0.3) is 0 Å². The highest BCUT2D eigenvalue weighted by Gasteiger charge is 2.34. The van der Waals surface area contributed by atoms with E-state index >= 15 is 0 Å². The zero-order chi connectivity index (χ0) is 25.2. The van der Waals surface area contributed by atoms with E-state index in [0.717, 1.165) is 24.9 Å². The Bertz CT molecular complexity index is 698. The number of nitrogens with one attached hydrogen (secondary N) is 3. The van der Waals surface area contributed by atoms with Gasteiger partial charge in [0.2, 0.25) is 9.70 Å². The molecule has 1 rings (SSSR count). The molecule has 0 saturated heterocycles. The number of carbonyl (C=O) groups is 1. The summed E-state index contributed by atoms with van der Waals surface area (Å²) in [7, 11) is 0. The molecule has 9 heteroatoms. The number of alkyl halides is 3. The summed E-state index contributed by atoms with van der Waals surface area (Å²) in [6, 6.07) is 7.01. The summed E-state index contributed by atoms with van der Waals surface area (Å²) < 4.78 is -1.77. The molecule has 0 fully saturated rings. The Labute approximate surface area is 231 Å². The van der Waals surface area contributed by atoms with Gasteiger partial charge in [-0.05, 0) is 42.9 Å². The van der Waals surface area contributed by atoms with Gasteiger partial charge < -0.3 is 16.0 Å². The Kier molecular flexibility index (Phi) is 17.4. The van der Waals surface area contributed by atoms with Crippen LogP contribution in [0.3, 0.4) is 0 Å². The van der Waals surface area contributed by atoms with E-state index < -0.39 is 9.96 Å². The summed E-state index contributed by atoms with van der Waals surface area (Å²) >= 11 is 29.3. The van der Waals surface area contributed by atoms with Crippen molar-refractivity contribution in [3.63, 3.8) is 0 Å². The summed E-state index contributed by atoms with van der Waals surface area (Å²) in [5, 5.41) is 9.40. The van der Waals surface area contributed by atoms with Crippen LogP contribution in [-0.2, 0) is 4.79 Å². The van der Waals surface area contributed by atoms with Gasteiger partial charge in [0.05, 0.1) is 0 Å². The maximum atomic E-state index is 12.4. The molecule has 1 aromatic carbocycles. The van der Waals surface area contributed by atoms with E-state index in [0.29, 0.717) is 11.4 Å². The lowest BCUT2D eigenvalue weighted by atomic mass is 10.0. The standard InChI is InChI=1S/C25H39Cl4N3OS/c1-2-3-4-5-6-7-8-9-10-11-12-13-14-15-22(33)31-23(25(27,28)29)32-24(34)30-21-18-16-20(26)17-19-21/h16-19,23H,2-15H2,1H3,(H,31,33)(H2,30,32,34). The molecule has 3 N–H and O–H groups in total. The molecule has 1 unspecified atom stereocenters. The van der Waals surface area contributed by atoms with Crippen molar-refractivity contribution in [2.24, 2.45) is 0 Å². The Hall–Kier alpha value is -0.460. The second-order valence-corrected chi connectivity index (χ2v) is 11.9. The summed E-state index contributed by atoms with van der Waals surface area (Å²) in [5.74, 6) is -0.179. The van der Waals surface area contributed by atoms with E-state index in [1.54, 1.807) is 24.3 Å². The van der Waals surface area contributed by atoms with Gasteiger partial charge in [0.1, 0.15) is 6.17 Å². The highest BCUT2D eigenvalue weighted by Crippen LogP contribution is 2.29. The number of rotatable bonds is 17. The van der Waals surface area contributed by atoms with Crippen LogP contribution in [0.25, 0.3) is 0 Å². The summed E-state index contributed by atoms with van der Waals surface area (Å²) in [6.07, 6.45) is 15.7. The molecule has 4 nitrogen and oxygen atoms in total. The van der Waals surface area contributed by atoms with Gasteiger partial charge in [-0.2, -0.15) is 0 Å². The van der Waals surface area contributed by atoms with E-state index in [4.69, 9.17) is 58.6 Å². The fourth-order valence-corrected chi connectivity index (χ4v) is 4.26. The molecular formula is C25H39Cl4N3OS. The van der Waals surface area contributed by atoms with E-state index in [-0.39, 0.29) is 11.0 Å². The lowest BCUT2D eigenvalue weighted by Gasteiger charge is -2.27. The second-order valence-electron chi connectivity index (χ2n) is 8.64.